The van der Waals surface area contributed by atoms with Gasteiger partial charge in [0.2, 0.25) is 0 Å². The molecule has 0 radical (unpaired) electrons. The summed E-state index contributed by atoms with van der Waals surface area (Å²) in [6.45, 7) is 2.15. The average molecular weight is 263 g/mol. The standard InChI is InChI=1S/C13H17N3O3/c1-8-5-10(6-8)15-11-7-9(13(17)14-2)3-4-12(11)16(18)19/h3-4,7-8,10,15H,5-6H2,1-2H3,(H,14,17). The van der Waals surface area contributed by atoms with Crippen LogP contribution in [0.15, 0.2) is 18.2 Å². The summed E-state index contributed by atoms with van der Waals surface area (Å²) >= 11 is 0. The number of rotatable bonds is 4. The zero-order valence-electron chi connectivity index (χ0n) is 11.0. The summed E-state index contributed by atoms with van der Waals surface area (Å²) in [5.41, 5.74) is 0.846. The molecule has 1 aliphatic carbocycles. The van der Waals surface area contributed by atoms with Crippen molar-refractivity contribution in [2.45, 2.75) is 25.8 Å². The number of nitrogens with zero attached hydrogens (tertiary/aromatic N) is 1. The predicted molar refractivity (Wildman–Crippen MR) is 72.3 cm³/mol. The van der Waals surface area contributed by atoms with Crippen LogP contribution in [0.5, 0.6) is 0 Å². The third-order valence-electron chi connectivity index (χ3n) is 3.42. The van der Waals surface area contributed by atoms with E-state index in [4.69, 9.17) is 0 Å². The number of benzene rings is 1. The minimum absolute atomic E-state index is 0.00667. The largest absolute Gasteiger partial charge is 0.377 e. The molecule has 1 aliphatic rings. The summed E-state index contributed by atoms with van der Waals surface area (Å²) in [5, 5.41) is 16.7. The zero-order valence-corrected chi connectivity index (χ0v) is 11.0. The normalized spacial score (nSPS) is 21.4. The zero-order chi connectivity index (χ0) is 14.0. The molecular formula is C13H17N3O3. The third-order valence-corrected chi connectivity index (χ3v) is 3.42. The lowest BCUT2D eigenvalue weighted by Gasteiger charge is -2.33. The molecule has 0 saturated heterocycles. The molecule has 6 heteroatoms. The average Bonchev–Trinajstić information content (AvgIpc) is 2.35. The maximum atomic E-state index is 11.6. The molecule has 2 N–H and O–H groups in total. The number of nitro benzene ring substituents is 1. The fraction of sp³-hybridized carbons (Fsp3) is 0.462. The van der Waals surface area contributed by atoms with Crippen molar-refractivity contribution >= 4 is 17.3 Å². The predicted octanol–water partition coefficient (Wildman–Crippen LogP) is 2.16. The van der Waals surface area contributed by atoms with Crippen molar-refractivity contribution < 1.29 is 9.72 Å². The van der Waals surface area contributed by atoms with Crippen LogP contribution in [0.4, 0.5) is 11.4 Å². The molecule has 1 amide bonds. The van der Waals surface area contributed by atoms with Gasteiger partial charge in [0.15, 0.2) is 0 Å². The highest BCUT2D eigenvalue weighted by molar-refractivity contribution is 5.95. The second-order valence-electron chi connectivity index (χ2n) is 4.99. The van der Waals surface area contributed by atoms with E-state index in [0.717, 1.165) is 12.8 Å². The lowest BCUT2D eigenvalue weighted by molar-refractivity contribution is -0.384. The Morgan fingerprint density at radius 3 is 2.63 bits per heavy atom. The van der Waals surface area contributed by atoms with Gasteiger partial charge in [0, 0.05) is 24.7 Å². The Kier molecular flexibility index (Phi) is 3.69. The molecule has 1 saturated carbocycles. The molecule has 0 aliphatic heterocycles. The van der Waals surface area contributed by atoms with Crippen LogP contribution in [0.3, 0.4) is 0 Å². The van der Waals surface area contributed by atoms with Gasteiger partial charge in [-0.25, -0.2) is 0 Å². The lowest BCUT2D eigenvalue weighted by Crippen LogP contribution is -2.34. The summed E-state index contributed by atoms with van der Waals surface area (Å²) in [6.07, 6.45) is 2.00. The van der Waals surface area contributed by atoms with E-state index < -0.39 is 4.92 Å². The van der Waals surface area contributed by atoms with E-state index in [1.54, 1.807) is 6.07 Å². The number of anilines is 1. The summed E-state index contributed by atoms with van der Waals surface area (Å²) in [6, 6.07) is 4.63. The van der Waals surface area contributed by atoms with E-state index in [-0.39, 0.29) is 17.6 Å². The number of carbonyl (C=O) groups excluding carboxylic acids is 1. The first-order chi connectivity index (χ1) is 9.01. The van der Waals surface area contributed by atoms with Gasteiger partial charge in [0.1, 0.15) is 5.69 Å². The van der Waals surface area contributed by atoms with Gasteiger partial charge in [0.05, 0.1) is 4.92 Å². The molecule has 0 heterocycles. The maximum absolute atomic E-state index is 11.6. The monoisotopic (exact) mass is 263 g/mol. The Balaban J connectivity index is 2.25. The van der Waals surface area contributed by atoms with Crippen LogP contribution in [0.1, 0.15) is 30.1 Å². The summed E-state index contributed by atoms with van der Waals surface area (Å²) in [4.78, 5) is 22.1. The van der Waals surface area contributed by atoms with Crippen LogP contribution in [0, 0.1) is 16.0 Å². The van der Waals surface area contributed by atoms with E-state index in [1.807, 2.05) is 0 Å². The quantitative estimate of drug-likeness (QED) is 0.644. The minimum atomic E-state index is -0.432. The second-order valence-corrected chi connectivity index (χ2v) is 4.99. The van der Waals surface area contributed by atoms with E-state index in [2.05, 4.69) is 17.6 Å². The molecule has 0 aromatic heterocycles. The first-order valence-corrected chi connectivity index (χ1v) is 6.28. The van der Waals surface area contributed by atoms with Crippen LogP contribution >= 0.6 is 0 Å². The van der Waals surface area contributed by atoms with Crippen molar-refractivity contribution in [3.05, 3.63) is 33.9 Å². The van der Waals surface area contributed by atoms with Crippen LogP contribution in [-0.4, -0.2) is 23.9 Å². The van der Waals surface area contributed by atoms with Crippen molar-refractivity contribution in [3.8, 4) is 0 Å². The van der Waals surface area contributed by atoms with Crippen molar-refractivity contribution in [3.63, 3.8) is 0 Å². The number of amides is 1. The number of nitro groups is 1. The van der Waals surface area contributed by atoms with Gasteiger partial charge in [-0.1, -0.05) is 6.92 Å². The van der Waals surface area contributed by atoms with Gasteiger partial charge in [0.25, 0.3) is 11.6 Å². The molecule has 0 bridgehead atoms. The van der Waals surface area contributed by atoms with E-state index in [1.165, 1.54) is 19.2 Å². The van der Waals surface area contributed by atoms with Crippen molar-refractivity contribution in [2.24, 2.45) is 5.92 Å². The Morgan fingerprint density at radius 1 is 1.42 bits per heavy atom. The highest BCUT2D eigenvalue weighted by Gasteiger charge is 2.27. The van der Waals surface area contributed by atoms with Gasteiger partial charge in [-0.3, -0.25) is 14.9 Å². The molecular weight excluding hydrogens is 246 g/mol. The van der Waals surface area contributed by atoms with Gasteiger partial charge < -0.3 is 10.6 Å². The SMILES string of the molecule is CNC(=O)c1ccc([N+](=O)[O-])c(NC2CC(C)C2)c1. The van der Waals surface area contributed by atoms with Crippen LogP contribution in [0.2, 0.25) is 0 Å². The van der Waals surface area contributed by atoms with E-state index >= 15 is 0 Å². The Labute approximate surface area is 111 Å². The minimum Gasteiger partial charge on any atom is -0.377 e. The lowest BCUT2D eigenvalue weighted by atomic mass is 9.82. The van der Waals surface area contributed by atoms with Crippen LogP contribution in [-0.2, 0) is 0 Å². The summed E-state index contributed by atoms with van der Waals surface area (Å²) in [5.74, 6) is 0.401. The van der Waals surface area contributed by atoms with E-state index in [9.17, 15) is 14.9 Å². The first-order valence-electron chi connectivity index (χ1n) is 6.28. The molecule has 1 aromatic rings. The molecule has 6 nitrogen and oxygen atoms in total. The maximum Gasteiger partial charge on any atom is 0.292 e. The number of nitrogens with one attached hydrogen (secondary N) is 2. The van der Waals surface area contributed by atoms with Crippen molar-refractivity contribution in [2.75, 3.05) is 12.4 Å². The fourth-order valence-electron chi connectivity index (χ4n) is 2.34. The summed E-state index contributed by atoms with van der Waals surface area (Å²) in [7, 11) is 1.53. The Hall–Kier alpha value is -2.11. The van der Waals surface area contributed by atoms with E-state index in [0.29, 0.717) is 17.2 Å². The van der Waals surface area contributed by atoms with Crippen molar-refractivity contribution in [1.82, 2.24) is 5.32 Å². The molecule has 1 aromatic carbocycles. The van der Waals surface area contributed by atoms with Crippen molar-refractivity contribution in [1.29, 1.82) is 0 Å². The van der Waals surface area contributed by atoms with Crippen LogP contribution in [0.25, 0.3) is 0 Å². The highest BCUT2D eigenvalue weighted by atomic mass is 16.6. The number of carbonyl (C=O) groups is 1. The Morgan fingerprint density at radius 2 is 2.11 bits per heavy atom. The molecule has 0 spiro atoms. The topological polar surface area (TPSA) is 84.3 Å². The van der Waals surface area contributed by atoms with Gasteiger partial charge in [-0.05, 0) is 30.9 Å². The Bertz CT molecular complexity index is 510. The second kappa shape index (κ2) is 5.26. The van der Waals surface area contributed by atoms with Gasteiger partial charge in [-0.2, -0.15) is 0 Å². The molecule has 102 valence electrons. The summed E-state index contributed by atoms with van der Waals surface area (Å²) < 4.78 is 0. The highest BCUT2D eigenvalue weighted by Crippen LogP contribution is 2.33. The molecule has 0 atom stereocenters. The number of hydrogen-bond acceptors (Lipinski definition) is 4. The number of hydrogen-bond donors (Lipinski definition) is 2. The fourth-order valence-corrected chi connectivity index (χ4v) is 2.34. The first kappa shape index (κ1) is 13.3. The molecule has 19 heavy (non-hydrogen) atoms. The van der Waals surface area contributed by atoms with Crippen LogP contribution < -0.4 is 10.6 Å². The smallest absolute Gasteiger partial charge is 0.292 e. The molecule has 0 unspecified atom stereocenters. The van der Waals surface area contributed by atoms with Gasteiger partial charge >= 0.3 is 0 Å². The van der Waals surface area contributed by atoms with Gasteiger partial charge in [-0.15, -0.1) is 0 Å². The molecule has 2 rings (SSSR count). The third kappa shape index (κ3) is 2.83. The molecule has 1 fully saturated rings.